The molecule has 1 aromatic carbocycles. The normalized spacial score (nSPS) is 20.6. The molecule has 1 saturated heterocycles. The fraction of sp³-hybridized carbons (Fsp3) is 0.500. The molecular weight excluding hydrogens is 410 g/mol. The first kappa shape index (κ1) is 23.9. The van der Waals surface area contributed by atoms with Crippen molar-refractivity contribution in [2.45, 2.75) is 43.7 Å². The van der Waals surface area contributed by atoms with Gasteiger partial charge in [-0.2, -0.15) is 0 Å². The zero-order chi connectivity index (χ0) is 22.3. The molecule has 1 aromatic rings. The van der Waals surface area contributed by atoms with E-state index in [2.05, 4.69) is 28.8 Å². The number of rotatable bonds is 10. The molecule has 11 nitrogen and oxygen atoms in total. The van der Waals surface area contributed by atoms with Gasteiger partial charge in [-0.1, -0.05) is 24.9 Å². The molecule has 166 valence electrons. The number of thiol groups is 1. The van der Waals surface area contributed by atoms with Crippen LogP contribution in [-0.4, -0.2) is 64.6 Å². The van der Waals surface area contributed by atoms with Crippen LogP contribution in [-0.2, 0) is 20.8 Å². The zero-order valence-corrected chi connectivity index (χ0v) is 17.3. The maximum absolute atomic E-state index is 12.6. The number of piperazine rings is 1. The Morgan fingerprint density at radius 3 is 2.53 bits per heavy atom. The SMILES string of the molecule is NC(=O)[C@H](CCCNC(N)N)NC(=O)[C@H]1CN(S)[C@@H](Cc2ccc(O)cc2)C(=O)N1. The van der Waals surface area contributed by atoms with Crippen LogP contribution in [0.25, 0.3) is 0 Å². The van der Waals surface area contributed by atoms with Crippen LogP contribution in [0.2, 0.25) is 0 Å². The molecule has 0 spiro atoms. The van der Waals surface area contributed by atoms with Crippen molar-refractivity contribution in [1.82, 2.24) is 20.3 Å². The van der Waals surface area contributed by atoms with E-state index in [4.69, 9.17) is 17.2 Å². The van der Waals surface area contributed by atoms with E-state index >= 15 is 0 Å². The third-order valence-corrected chi connectivity index (χ3v) is 5.18. The number of hydrogen-bond acceptors (Lipinski definition) is 9. The summed E-state index contributed by atoms with van der Waals surface area (Å²) < 4.78 is 1.49. The van der Waals surface area contributed by atoms with Crippen molar-refractivity contribution in [3.63, 3.8) is 0 Å². The number of carbonyl (C=O) groups excluding carboxylic acids is 3. The lowest BCUT2D eigenvalue weighted by Crippen LogP contribution is -2.63. The summed E-state index contributed by atoms with van der Waals surface area (Å²) in [5.41, 5.74) is 17.0. The fourth-order valence-electron chi connectivity index (χ4n) is 3.10. The smallest absolute Gasteiger partial charge is 0.244 e. The standard InChI is InChI=1S/C18H29N7O4S/c19-15(27)12(2-1-7-22-18(20)21)23-16(28)13-9-25(30)14(17(29)24-13)8-10-3-5-11(26)6-4-10/h3-6,12-14,18,22,26,30H,1-2,7-9,20-21H2,(H2,19,27)(H,23,28)(H,24,29)/t12-,13+,14-/m0/s1. The van der Waals surface area contributed by atoms with E-state index in [0.29, 0.717) is 25.8 Å². The number of benzene rings is 1. The minimum absolute atomic E-state index is 0.136. The van der Waals surface area contributed by atoms with E-state index in [1.807, 2.05) is 0 Å². The lowest BCUT2D eigenvalue weighted by atomic mass is 10.0. The average molecular weight is 440 g/mol. The van der Waals surface area contributed by atoms with Gasteiger partial charge in [-0.3, -0.25) is 19.7 Å². The molecule has 12 heteroatoms. The van der Waals surface area contributed by atoms with Gasteiger partial charge in [-0.25, -0.2) is 4.31 Å². The Hall–Kier alpha value is -2.38. The molecule has 30 heavy (non-hydrogen) atoms. The summed E-state index contributed by atoms with van der Waals surface area (Å²) in [5, 5.41) is 17.4. The van der Waals surface area contributed by atoms with E-state index in [1.165, 1.54) is 16.4 Å². The monoisotopic (exact) mass is 439 g/mol. The minimum atomic E-state index is -0.881. The number of phenols is 1. The first-order chi connectivity index (χ1) is 14.2. The fourth-order valence-corrected chi connectivity index (χ4v) is 3.45. The highest BCUT2D eigenvalue weighted by Gasteiger charge is 2.37. The van der Waals surface area contributed by atoms with Gasteiger partial charge in [0.05, 0.1) is 0 Å². The number of nitrogens with zero attached hydrogens (tertiary/aromatic N) is 1. The van der Waals surface area contributed by atoms with Crippen LogP contribution in [0.1, 0.15) is 18.4 Å². The van der Waals surface area contributed by atoms with E-state index in [0.717, 1.165) is 5.56 Å². The second kappa shape index (κ2) is 11.1. The van der Waals surface area contributed by atoms with Crippen LogP contribution in [0.5, 0.6) is 5.75 Å². The molecule has 0 aromatic heterocycles. The Bertz CT molecular complexity index is 747. The van der Waals surface area contributed by atoms with E-state index in [1.54, 1.807) is 12.1 Å². The lowest BCUT2D eigenvalue weighted by Gasteiger charge is -2.35. The predicted molar refractivity (Wildman–Crippen MR) is 114 cm³/mol. The number of primary amides is 1. The Morgan fingerprint density at radius 2 is 1.97 bits per heavy atom. The van der Waals surface area contributed by atoms with Gasteiger partial charge in [0.2, 0.25) is 17.7 Å². The number of hydrogen-bond donors (Lipinski definition) is 8. The van der Waals surface area contributed by atoms with Crippen LogP contribution in [0, 0.1) is 0 Å². The number of nitrogens with two attached hydrogens (primary N) is 3. The number of phenolic OH excluding ortho intramolecular Hbond substituents is 1. The largest absolute Gasteiger partial charge is 0.508 e. The van der Waals surface area contributed by atoms with Crippen molar-refractivity contribution in [2.24, 2.45) is 17.2 Å². The van der Waals surface area contributed by atoms with Gasteiger partial charge >= 0.3 is 0 Å². The number of aromatic hydroxyl groups is 1. The van der Waals surface area contributed by atoms with Gasteiger partial charge in [0.1, 0.15) is 30.2 Å². The minimum Gasteiger partial charge on any atom is -0.508 e. The second-order valence-corrected chi connectivity index (χ2v) is 7.67. The summed E-state index contributed by atoms with van der Waals surface area (Å²) in [6.45, 7) is 0.610. The molecule has 10 N–H and O–H groups in total. The number of carbonyl (C=O) groups is 3. The second-order valence-electron chi connectivity index (χ2n) is 7.16. The Morgan fingerprint density at radius 1 is 1.30 bits per heavy atom. The van der Waals surface area contributed by atoms with Gasteiger partial charge < -0.3 is 32.9 Å². The molecule has 1 aliphatic rings. The number of nitrogens with one attached hydrogen (secondary N) is 3. The van der Waals surface area contributed by atoms with Crippen molar-refractivity contribution < 1.29 is 19.5 Å². The molecule has 0 aliphatic carbocycles. The van der Waals surface area contributed by atoms with Gasteiger partial charge in [0.15, 0.2) is 0 Å². The zero-order valence-electron chi connectivity index (χ0n) is 16.5. The molecular formula is C18H29N7O4S. The topological polar surface area (TPSA) is 189 Å². The van der Waals surface area contributed by atoms with Crippen LogP contribution in [0.4, 0.5) is 0 Å². The Balaban J connectivity index is 1.90. The molecule has 0 bridgehead atoms. The van der Waals surface area contributed by atoms with Gasteiger partial charge in [-0.05, 0) is 43.5 Å². The quantitative estimate of drug-likeness (QED) is 0.111. The van der Waals surface area contributed by atoms with Crippen LogP contribution >= 0.6 is 12.8 Å². The molecule has 0 saturated carbocycles. The van der Waals surface area contributed by atoms with E-state index < -0.39 is 36.2 Å². The van der Waals surface area contributed by atoms with Crippen LogP contribution in [0.3, 0.4) is 0 Å². The first-order valence-electron chi connectivity index (χ1n) is 9.55. The van der Waals surface area contributed by atoms with Crippen molar-refractivity contribution >= 4 is 30.5 Å². The van der Waals surface area contributed by atoms with Gasteiger partial charge in [0.25, 0.3) is 0 Å². The summed E-state index contributed by atoms with van der Waals surface area (Å²) in [6.07, 6.45) is 0.517. The Kier molecular flexibility index (Phi) is 8.87. The molecule has 0 unspecified atom stereocenters. The molecule has 1 aliphatic heterocycles. The highest BCUT2D eigenvalue weighted by atomic mass is 32.1. The molecule has 2 rings (SSSR count). The van der Waals surface area contributed by atoms with Crippen LogP contribution in [0.15, 0.2) is 24.3 Å². The third-order valence-electron chi connectivity index (χ3n) is 4.74. The summed E-state index contributed by atoms with van der Waals surface area (Å²) in [6, 6.07) is 4.17. The third kappa shape index (κ3) is 7.15. The maximum atomic E-state index is 12.6. The first-order valence-corrected chi connectivity index (χ1v) is 9.95. The predicted octanol–water partition coefficient (Wildman–Crippen LogP) is -2.51. The maximum Gasteiger partial charge on any atom is 0.244 e. The van der Waals surface area contributed by atoms with E-state index in [-0.39, 0.29) is 18.2 Å². The van der Waals surface area contributed by atoms with Crippen molar-refractivity contribution in [1.29, 1.82) is 0 Å². The van der Waals surface area contributed by atoms with Crippen molar-refractivity contribution in [2.75, 3.05) is 13.1 Å². The summed E-state index contributed by atoms with van der Waals surface area (Å²) in [4.78, 5) is 36.8. The van der Waals surface area contributed by atoms with Gasteiger partial charge in [-0.15, -0.1) is 0 Å². The molecule has 3 atom stereocenters. The lowest BCUT2D eigenvalue weighted by molar-refractivity contribution is -0.135. The summed E-state index contributed by atoms with van der Waals surface area (Å²) >= 11 is 4.36. The molecule has 0 radical (unpaired) electrons. The van der Waals surface area contributed by atoms with Crippen molar-refractivity contribution in [3.05, 3.63) is 29.8 Å². The van der Waals surface area contributed by atoms with E-state index in [9.17, 15) is 19.5 Å². The summed E-state index contributed by atoms with van der Waals surface area (Å²) in [5.74, 6) is -1.41. The van der Waals surface area contributed by atoms with Crippen molar-refractivity contribution in [3.8, 4) is 5.75 Å². The van der Waals surface area contributed by atoms with Crippen LogP contribution < -0.4 is 33.2 Å². The molecule has 1 fully saturated rings. The van der Waals surface area contributed by atoms with Gasteiger partial charge in [0, 0.05) is 6.54 Å². The molecule has 3 amide bonds. The number of amides is 3. The highest BCUT2D eigenvalue weighted by Crippen LogP contribution is 2.18. The molecule has 1 heterocycles. The summed E-state index contributed by atoms with van der Waals surface area (Å²) in [7, 11) is 0. The average Bonchev–Trinajstić information content (AvgIpc) is 2.67. The highest BCUT2D eigenvalue weighted by molar-refractivity contribution is 7.77. The Labute approximate surface area is 180 Å².